The summed E-state index contributed by atoms with van der Waals surface area (Å²) in [6, 6.07) is 6.08. The molecule has 0 bridgehead atoms. The fourth-order valence-electron chi connectivity index (χ4n) is 1.32. The third-order valence-corrected chi connectivity index (χ3v) is 3.12. The SMILES string of the molecule is Cc1ccc2nc(SS)c(C)nc2c1. The van der Waals surface area contributed by atoms with Crippen LogP contribution in [0, 0.1) is 13.8 Å². The minimum Gasteiger partial charge on any atom is -0.249 e. The molecule has 0 aliphatic rings. The van der Waals surface area contributed by atoms with Gasteiger partial charge in [-0.2, -0.15) is 0 Å². The van der Waals surface area contributed by atoms with Crippen LogP contribution in [0.25, 0.3) is 11.0 Å². The molecule has 0 spiro atoms. The number of fused-ring (bicyclic) bond motifs is 1. The molecule has 1 aromatic heterocycles. The number of thiol groups is 1. The molecule has 14 heavy (non-hydrogen) atoms. The maximum Gasteiger partial charge on any atom is 0.128 e. The molecule has 2 aromatic rings. The van der Waals surface area contributed by atoms with Gasteiger partial charge in [-0.1, -0.05) is 6.07 Å². The van der Waals surface area contributed by atoms with Crippen molar-refractivity contribution in [3.8, 4) is 0 Å². The summed E-state index contributed by atoms with van der Waals surface area (Å²) in [6.07, 6.45) is 0. The molecule has 0 fully saturated rings. The van der Waals surface area contributed by atoms with E-state index in [1.54, 1.807) is 0 Å². The summed E-state index contributed by atoms with van der Waals surface area (Å²) in [5.41, 5.74) is 4.02. The van der Waals surface area contributed by atoms with Crippen LogP contribution in [0.4, 0.5) is 0 Å². The van der Waals surface area contributed by atoms with E-state index in [1.165, 1.54) is 16.4 Å². The standard InChI is InChI=1S/C10H10N2S2/c1-6-3-4-8-9(5-6)11-7(2)10(12-8)14-13/h3-5,13H,1-2H3. The van der Waals surface area contributed by atoms with E-state index in [2.05, 4.69) is 28.6 Å². The van der Waals surface area contributed by atoms with Crippen LogP contribution < -0.4 is 0 Å². The first-order chi connectivity index (χ1) is 6.70. The molecule has 0 unspecified atom stereocenters. The lowest BCUT2D eigenvalue weighted by Gasteiger charge is -2.03. The van der Waals surface area contributed by atoms with E-state index in [0.717, 1.165) is 21.8 Å². The van der Waals surface area contributed by atoms with E-state index < -0.39 is 0 Å². The van der Waals surface area contributed by atoms with Crippen molar-refractivity contribution in [2.24, 2.45) is 0 Å². The Morgan fingerprint density at radius 3 is 2.64 bits per heavy atom. The Morgan fingerprint density at radius 2 is 1.93 bits per heavy atom. The number of hydrogen-bond donors (Lipinski definition) is 1. The molecule has 0 atom stereocenters. The second-order valence-corrected chi connectivity index (χ2v) is 4.31. The number of rotatable bonds is 1. The van der Waals surface area contributed by atoms with E-state index in [-0.39, 0.29) is 0 Å². The van der Waals surface area contributed by atoms with E-state index in [4.69, 9.17) is 0 Å². The molecule has 72 valence electrons. The summed E-state index contributed by atoms with van der Waals surface area (Å²) in [5.74, 6) is 0. The first-order valence-electron chi connectivity index (χ1n) is 4.27. The zero-order chi connectivity index (χ0) is 10.1. The quantitative estimate of drug-likeness (QED) is 0.593. The second-order valence-electron chi connectivity index (χ2n) is 3.20. The number of hydrogen-bond acceptors (Lipinski definition) is 4. The number of benzene rings is 1. The van der Waals surface area contributed by atoms with Crippen LogP contribution in [0.2, 0.25) is 0 Å². The van der Waals surface area contributed by atoms with Crippen molar-refractivity contribution in [3.63, 3.8) is 0 Å². The van der Waals surface area contributed by atoms with Crippen LogP contribution >= 0.6 is 22.5 Å². The van der Waals surface area contributed by atoms with Gasteiger partial charge in [0.15, 0.2) is 0 Å². The van der Waals surface area contributed by atoms with Gasteiger partial charge in [-0.15, -0.1) is 11.7 Å². The third kappa shape index (κ3) is 1.72. The van der Waals surface area contributed by atoms with E-state index >= 15 is 0 Å². The van der Waals surface area contributed by atoms with Gasteiger partial charge in [0.2, 0.25) is 0 Å². The summed E-state index contributed by atoms with van der Waals surface area (Å²) < 4.78 is 0. The molecular formula is C10H10N2S2. The fraction of sp³-hybridized carbons (Fsp3) is 0.200. The van der Waals surface area contributed by atoms with Crippen LogP contribution in [-0.2, 0) is 0 Å². The van der Waals surface area contributed by atoms with Gasteiger partial charge in [0.1, 0.15) is 5.03 Å². The van der Waals surface area contributed by atoms with Crippen molar-refractivity contribution in [2.45, 2.75) is 18.9 Å². The Balaban J connectivity index is 2.73. The Morgan fingerprint density at radius 1 is 1.14 bits per heavy atom. The van der Waals surface area contributed by atoms with Crippen molar-refractivity contribution in [1.29, 1.82) is 0 Å². The fourth-order valence-corrected chi connectivity index (χ4v) is 2.16. The molecule has 1 heterocycles. The lowest BCUT2D eigenvalue weighted by molar-refractivity contribution is 1.04. The van der Waals surface area contributed by atoms with Gasteiger partial charge >= 0.3 is 0 Å². The molecule has 0 saturated heterocycles. The lowest BCUT2D eigenvalue weighted by atomic mass is 10.2. The van der Waals surface area contributed by atoms with Gasteiger partial charge in [-0.25, -0.2) is 9.97 Å². The van der Waals surface area contributed by atoms with Gasteiger partial charge in [0, 0.05) is 0 Å². The minimum atomic E-state index is 0.879. The Labute approximate surface area is 92.0 Å². The van der Waals surface area contributed by atoms with Crippen molar-refractivity contribution in [2.75, 3.05) is 0 Å². The van der Waals surface area contributed by atoms with Gasteiger partial charge in [-0.05, 0) is 42.3 Å². The highest BCUT2D eigenvalue weighted by atomic mass is 33.1. The van der Waals surface area contributed by atoms with Crippen molar-refractivity contribution < 1.29 is 0 Å². The van der Waals surface area contributed by atoms with Crippen LogP contribution in [0.3, 0.4) is 0 Å². The summed E-state index contributed by atoms with van der Waals surface area (Å²) in [7, 11) is 1.34. The summed E-state index contributed by atoms with van der Waals surface area (Å²) in [5, 5.41) is 0.879. The average molecular weight is 222 g/mol. The Kier molecular flexibility index (Phi) is 2.65. The molecule has 0 amide bonds. The average Bonchev–Trinajstić information content (AvgIpc) is 2.16. The van der Waals surface area contributed by atoms with Crippen LogP contribution in [0.5, 0.6) is 0 Å². The van der Waals surface area contributed by atoms with Crippen molar-refractivity contribution >= 4 is 33.5 Å². The van der Waals surface area contributed by atoms with Gasteiger partial charge in [0.25, 0.3) is 0 Å². The molecule has 2 nitrogen and oxygen atoms in total. The molecule has 0 N–H and O–H groups in total. The van der Waals surface area contributed by atoms with Crippen LogP contribution in [0.1, 0.15) is 11.3 Å². The number of aromatic nitrogens is 2. The molecule has 0 aliphatic carbocycles. The molecule has 0 saturated carbocycles. The number of nitrogens with zero attached hydrogens (tertiary/aromatic N) is 2. The van der Waals surface area contributed by atoms with Gasteiger partial charge in [0.05, 0.1) is 16.7 Å². The van der Waals surface area contributed by atoms with Crippen LogP contribution in [-0.4, -0.2) is 9.97 Å². The molecular weight excluding hydrogens is 212 g/mol. The zero-order valence-electron chi connectivity index (χ0n) is 7.98. The largest absolute Gasteiger partial charge is 0.249 e. The zero-order valence-corrected chi connectivity index (χ0v) is 9.69. The highest BCUT2D eigenvalue weighted by Gasteiger charge is 2.03. The van der Waals surface area contributed by atoms with Gasteiger partial charge in [-0.3, -0.25) is 0 Å². The molecule has 1 aromatic carbocycles. The summed E-state index contributed by atoms with van der Waals surface area (Å²) in [4.78, 5) is 8.93. The first-order valence-corrected chi connectivity index (χ1v) is 6.14. The smallest absolute Gasteiger partial charge is 0.128 e. The molecule has 4 heteroatoms. The number of aryl methyl sites for hydroxylation is 2. The topological polar surface area (TPSA) is 25.8 Å². The van der Waals surface area contributed by atoms with E-state index in [0.29, 0.717) is 0 Å². The van der Waals surface area contributed by atoms with Crippen molar-refractivity contribution in [3.05, 3.63) is 29.5 Å². The minimum absolute atomic E-state index is 0.879. The van der Waals surface area contributed by atoms with Crippen molar-refractivity contribution in [1.82, 2.24) is 9.97 Å². The lowest BCUT2D eigenvalue weighted by Crippen LogP contribution is -1.91. The summed E-state index contributed by atoms with van der Waals surface area (Å²) >= 11 is 4.14. The maximum atomic E-state index is 4.48. The molecule has 0 radical (unpaired) electrons. The Hall–Kier alpha value is -0.740. The highest BCUT2D eigenvalue weighted by Crippen LogP contribution is 2.24. The third-order valence-electron chi connectivity index (χ3n) is 2.04. The summed E-state index contributed by atoms with van der Waals surface area (Å²) in [6.45, 7) is 4.01. The maximum absolute atomic E-state index is 4.48. The first kappa shape index (κ1) is 9.80. The van der Waals surface area contributed by atoms with Gasteiger partial charge < -0.3 is 0 Å². The highest BCUT2D eigenvalue weighted by molar-refractivity contribution is 8.68. The molecule has 2 rings (SSSR count). The van der Waals surface area contributed by atoms with E-state index in [9.17, 15) is 0 Å². The normalized spacial score (nSPS) is 10.8. The Bertz CT molecular complexity index is 483. The molecule has 0 aliphatic heterocycles. The second kappa shape index (κ2) is 3.79. The van der Waals surface area contributed by atoms with E-state index in [1.807, 2.05) is 25.1 Å². The van der Waals surface area contributed by atoms with Crippen LogP contribution in [0.15, 0.2) is 23.2 Å². The predicted octanol–water partition coefficient (Wildman–Crippen LogP) is 3.18. The monoisotopic (exact) mass is 222 g/mol. The predicted molar refractivity (Wildman–Crippen MR) is 63.9 cm³/mol.